The summed E-state index contributed by atoms with van der Waals surface area (Å²) >= 11 is 3.44. The molecule has 1 aromatic rings. The third kappa shape index (κ3) is 2.86. The van der Waals surface area contributed by atoms with Crippen molar-refractivity contribution < 1.29 is 19.4 Å². The van der Waals surface area contributed by atoms with E-state index in [1.54, 1.807) is 12.0 Å². The fourth-order valence-corrected chi connectivity index (χ4v) is 3.08. The van der Waals surface area contributed by atoms with Gasteiger partial charge in [-0.3, -0.25) is 9.59 Å². The highest BCUT2D eigenvalue weighted by Crippen LogP contribution is 2.40. The molecular formula is C14H16BrNO4. The molecule has 0 aliphatic carbocycles. The van der Waals surface area contributed by atoms with E-state index in [2.05, 4.69) is 15.9 Å². The van der Waals surface area contributed by atoms with E-state index in [1.807, 2.05) is 24.3 Å². The summed E-state index contributed by atoms with van der Waals surface area (Å²) in [4.78, 5) is 25.1. The molecule has 1 N–H and O–H groups in total. The van der Waals surface area contributed by atoms with Crippen molar-refractivity contribution in [2.24, 2.45) is 5.92 Å². The smallest absolute Gasteiger partial charge is 0.309 e. The molecule has 2 unspecified atom stereocenters. The molecule has 1 aromatic carbocycles. The number of carboxylic acid groups (broad SMARTS) is 1. The molecule has 0 radical (unpaired) electrons. The van der Waals surface area contributed by atoms with Crippen LogP contribution in [0.1, 0.15) is 18.0 Å². The van der Waals surface area contributed by atoms with E-state index in [1.165, 1.54) is 0 Å². The molecule has 20 heavy (non-hydrogen) atoms. The number of rotatable bonds is 5. The van der Waals surface area contributed by atoms with E-state index in [4.69, 9.17) is 4.74 Å². The standard InChI is InChI=1S/C14H16BrNO4/c1-20-7-6-16-12(17)8-10(14(18)19)13(16)9-4-2-3-5-11(9)15/h2-5,10,13H,6-8H2,1H3,(H,18,19). The first-order valence-electron chi connectivity index (χ1n) is 6.32. The molecule has 2 atom stereocenters. The topological polar surface area (TPSA) is 66.8 Å². The largest absolute Gasteiger partial charge is 0.481 e. The Morgan fingerprint density at radius 2 is 2.20 bits per heavy atom. The van der Waals surface area contributed by atoms with Gasteiger partial charge >= 0.3 is 5.97 Å². The van der Waals surface area contributed by atoms with Crippen LogP contribution in [0, 0.1) is 5.92 Å². The van der Waals surface area contributed by atoms with E-state index < -0.39 is 17.9 Å². The lowest BCUT2D eigenvalue weighted by atomic mass is 9.94. The Labute approximate surface area is 125 Å². The molecule has 0 saturated carbocycles. The SMILES string of the molecule is COCCN1C(=O)CC(C(=O)O)C1c1ccccc1Br. The molecule has 0 spiro atoms. The van der Waals surface area contributed by atoms with Crippen molar-refractivity contribution in [1.29, 1.82) is 0 Å². The molecule has 0 bridgehead atoms. The van der Waals surface area contributed by atoms with Gasteiger partial charge in [0.15, 0.2) is 0 Å². The Hall–Kier alpha value is -1.40. The number of hydrogen-bond acceptors (Lipinski definition) is 3. The van der Waals surface area contributed by atoms with E-state index in [-0.39, 0.29) is 12.3 Å². The molecule has 0 aromatic heterocycles. The number of likely N-dealkylation sites (tertiary alicyclic amines) is 1. The summed E-state index contributed by atoms with van der Waals surface area (Å²) in [6, 6.07) is 6.95. The van der Waals surface area contributed by atoms with E-state index in [9.17, 15) is 14.7 Å². The number of aliphatic carboxylic acids is 1. The quantitative estimate of drug-likeness (QED) is 0.890. The van der Waals surface area contributed by atoms with Crippen LogP contribution in [0.5, 0.6) is 0 Å². The van der Waals surface area contributed by atoms with Crippen LogP contribution in [0.25, 0.3) is 0 Å². The molecule has 2 rings (SSSR count). The highest BCUT2D eigenvalue weighted by Gasteiger charge is 2.44. The molecule has 1 aliphatic heterocycles. The third-order valence-electron chi connectivity index (χ3n) is 3.51. The van der Waals surface area contributed by atoms with Crippen LogP contribution >= 0.6 is 15.9 Å². The molecule has 1 heterocycles. The minimum absolute atomic E-state index is 0.0328. The molecule has 1 amide bonds. The fraction of sp³-hybridized carbons (Fsp3) is 0.429. The van der Waals surface area contributed by atoms with Gasteiger partial charge < -0.3 is 14.7 Å². The maximum Gasteiger partial charge on any atom is 0.309 e. The summed E-state index contributed by atoms with van der Waals surface area (Å²) in [6.45, 7) is 0.782. The Morgan fingerprint density at radius 1 is 1.50 bits per heavy atom. The summed E-state index contributed by atoms with van der Waals surface area (Å²) in [5, 5.41) is 9.37. The number of carbonyl (C=O) groups excluding carboxylic acids is 1. The maximum absolute atomic E-state index is 12.1. The molecule has 1 saturated heterocycles. The number of methoxy groups -OCH3 is 1. The van der Waals surface area contributed by atoms with Crippen molar-refractivity contribution in [2.45, 2.75) is 12.5 Å². The van der Waals surface area contributed by atoms with Crippen molar-refractivity contribution in [3.8, 4) is 0 Å². The zero-order chi connectivity index (χ0) is 14.7. The Kier molecular flexibility index (Phi) is 4.77. The summed E-state index contributed by atoms with van der Waals surface area (Å²) in [6.07, 6.45) is 0.0328. The van der Waals surface area contributed by atoms with E-state index in [0.717, 1.165) is 10.0 Å². The summed E-state index contributed by atoms with van der Waals surface area (Å²) in [7, 11) is 1.56. The summed E-state index contributed by atoms with van der Waals surface area (Å²) < 4.78 is 5.82. The third-order valence-corrected chi connectivity index (χ3v) is 4.23. The van der Waals surface area contributed by atoms with Crippen molar-refractivity contribution in [1.82, 2.24) is 4.90 Å². The average molecular weight is 342 g/mol. The first-order chi connectivity index (χ1) is 9.56. The Balaban J connectivity index is 2.38. The molecule has 1 fully saturated rings. The Morgan fingerprint density at radius 3 is 2.80 bits per heavy atom. The monoisotopic (exact) mass is 341 g/mol. The maximum atomic E-state index is 12.1. The van der Waals surface area contributed by atoms with E-state index in [0.29, 0.717) is 13.2 Å². The zero-order valence-electron chi connectivity index (χ0n) is 11.1. The van der Waals surface area contributed by atoms with Crippen LogP contribution in [0.15, 0.2) is 28.7 Å². The molecule has 1 aliphatic rings. The van der Waals surface area contributed by atoms with E-state index >= 15 is 0 Å². The molecular weight excluding hydrogens is 326 g/mol. The number of nitrogens with zero attached hydrogens (tertiary/aromatic N) is 1. The minimum atomic E-state index is -0.945. The zero-order valence-corrected chi connectivity index (χ0v) is 12.7. The average Bonchev–Trinajstić information content (AvgIpc) is 2.74. The second-order valence-electron chi connectivity index (χ2n) is 4.70. The summed E-state index contributed by atoms with van der Waals surface area (Å²) in [5.74, 6) is -1.81. The van der Waals surface area contributed by atoms with Crippen molar-refractivity contribution in [3.63, 3.8) is 0 Å². The predicted molar refractivity (Wildman–Crippen MR) is 76.2 cm³/mol. The summed E-state index contributed by atoms with van der Waals surface area (Å²) in [5.41, 5.74) is 0.821. The van der Waals surface area contributed by atoms with Gasteiger partial charge in [-0.05, 0) is 11.6 Å². The number of carboxylic acids is 1. The van der Waals surface area contributed by atoms with Crippen molar-refractivity contribution in [2.75, 3.05) is 20.3 Å². The second-order valence-corrected chi connectivity index (χ2v) is 5.55. The Bertz CT molecular complexity index is 520. The highest BCUT2D eigenvalue weighted by molar-refractivity contribution is 9.10. The number of halogens is 1. The van der Waals surface area contributed by atoms with Crippen molar-refractivity contribution in [3.05, 3.63) is 34.3 Å². The fourth-order valence-electron chi connectivity index (χ4n) is 2.56. The van der Waals surface area contributed by atoms with Crippen LogP contribution in [-0.4, -0.2) is 42.1 Å². The number of hydrogen-bond donors (Lipinski definition) is 1. The van der Waals surface area contributed by atoms with Gasteiger partial charge in [0.1, 0.15) is 0 Å². The normalized spacial score (nSPS) is 22.3. The van der Waals surface area contributed by atoms with Crippen LogP contribution in [0.3, 0.4) is 0 Å². The predicted octanol–water partition coefficient (Wildman–Crippen LogP) is 2.07. The van der Waals surface area contributed by atoms with Gasteiger partial charge in [0.05, 0.1) is 18.6 Å². The van der Waals surface area contributed by atoms with Crippen LogP contribution in [-0.2, 0) is 14.3 Å². The number of amides is 1. The number of carbonyl (C=O) groups is 2. The molecule has 5 nitrogen and oxygen atoms in total. The lowest BCUT2D eigenvalue weighted by Crippen LogP contribution is -2.33. The number of benzene rings is 1. The van der Waals surface area contributed by atoms with Gasteiger partial charge in [-0.15, -0.1) is 0 Å². The second kappa shape index (κ2) is 6.37. The molecule has 108 valence electrons. The van der Waals surface area contributed by atoms with Gasteiger partial charge in [-0.2, -0.15) is 0 Å². The van der Waals surface area contributed by atoms with Gasteiger partial charge in [-0.25, -0.2) is 0 Å². The van der Waals surface area contributed by atoms with Gasteiger partial charge in [-0.1, -0.05) is 34.1 Å². The van der Waals surface area contributed by atoms with Gasteiger partial charge in [0.25, 0.3) is 0 Å². The first kappa shape index (κ1) is 15.0. The lowest BCUT2D eigenvalue weighted by Gasteiger charge is -2.27. The van der Waals surface area contributed by atoms with Gasteiger partial charge in [0.2, 0.25) is 5.91 Å². The first-order valence-corrected chi connectivity index (χ1v) is 7.11. The highest BCUT2D eigenvalue weighted by atomic mass is 79.9. The number of ether oxygens (including phenoxy) is 1. The van der Waals surface area contributed by atoms with Gasteiger partial charge in [0, 0.05) is 24.5 Å². The lowest BCUT2D eigenvalue weighted by molar-refractivity contribution is -0.142. The van der Waals surface area contributed by atoms with Crippen molar-refractivity contribution >= 4 is 27.8 Å². The minimum Gasteiger partial charge on any atom is -0.481 e. The van der Waals surface area contributed by atoms with Crippen LogP contribution < -0.4 is 0 Å². The van der Waals surface area contributed by atoms with Crippen LogP contribution in [0.4, 0.5) is 0 Å². The van der Waals surface area contributed by atoms with Crippen LogP contribution in [0.2, 0.25) is 0 Å². The molecule has 6 heteroatoms.